The first-order valence-corrected chi connectivity index (χ1v) is 4.92. The average Bonchev–Trinajstić information content (AvgIpc) is 2.47. The topological polar surface area (TPSA) is 30.9 Å². The zero-order valence-electron chi connectivity index (χ0n) is 8.88. The first kappa shape index (κ1) is 10.3. The maximum atomic E-state index is 5.49. The van der Waals surface area contributed by atoms with Crippen LogP contribution in [0, 0.1) is 0 Å². The molecule has 0 spiro atoms. The predicted octanol–water partition coefficient (Wildman–Crippen LogP) is 2.13. The molecule has 0 saturated carbocycles. The van der Waals surface area contributed by atoms with Crippen molar-refractivity contribution in [3.05, 3.63) is 24.0 Å². The lowest BCUT2D eigenvalue weighted by molar-refractivity contribution is 0.385. The van der Waals surface area contributed by atoms with E-state index >= 15 is 0 Å². The van der Waals surface area contributed by atoms with E-state index < -0.39 is 0 Å². The molecule has 0 aliphatic carbocycles. The average molecular weight is 180 g/mol. The van der Waals surface area contributed by atoms with E-state index in [1.165, 1.54) is 5.69 Å². The minimum absolute atomic E-state index is 0.188. The van der Waals surface area contributed by atoms with Crippen molar-refractivity contribution in [2.24, 2.45) is 5.73 Å². The van der Waals surface area contributed by atoms with Gasteiger partial charge in [0.25, 0.3) is 0 Å². The lowest BCUT2D eigenvalue weighted by Crippen LogP contribution is -2.23. The molecule has 0 unspecified atom stereocenters. The number of rotatable bonds is 3. The highest BCUT2D eigenvalue weighted by Gasteiger charge is 2.14. The Balaban J connectivity index is 2.77. The normalized spacial score (nSPS) is 12.0. The standard InChI is InChI=1S/C11H20N2/c1-11(2,3)13-9-5-7-10(13)6-4-8-12/h5,7,9H,4,6,8,12H2,1-3H3. The molecule has 2 heteroatoms. The molecule has 13 heavy (non-hydrogen) atoms. The SMILES string of the molecule is CC(C)(C)n1cccc1CCCN. The van der Waals surface area contributed by atoms with Crippen molar-refractivity contribution in [3.8, 4) is 0 Å². The molecule has 1 aromatic heterocycles. The minimum atomic E-state index is 0.188. The summed E-state index contributed by atoms with van der Waals surface area (Å²) in [6, 6.07) is 4.29. The van der Waals surface area contributed by atoms with Crippen molar-refractivity contribution in [2.45, 2.75) is 39.2 Å². The molecule has 0 aliphatic rings. The monoisotopic (exact) mass is 180 g/mol. The number of nitrogens with zero attached hydrogens (tertiary/aromatic N) is 1. The Bertz CT molecular complexity index is 255. The van der Waals surface area contributed by atoms with E-state index in [2.05, 4.69) is 43.7 Å². The second-order valence-corrected chi connectivity index (χ2v) is 4.43. The van der Waals surface area contributed by atoms with Crippen molar-refractivity contribution in [1.82, 2.24) is 4.57 Å². The van der Waals surface area contributed by atoms with Gasteiger partial charge >= 0.3 is 0 Å². The summed E-state index contributed by atoms with van der Waals surface area (Å²) < 4.78 is 2.32. The van der Waals surface area contributed by atoms with Crippen LogP contribution in [0.1, 0.15) is 32.9 Å². The molecular weight excluding hydrogens is 160 g/mol. The van der Waals surface area contributed by atoms with E-state index in [1.807, 2.05) is 0 Å². The molecule has 2 nitrogen and oxygen atoms in total. The van der Waals surface area contributed by atoms with Gasteiger partial charge in [0.15, 0.2) is 0 Å². The van der Waals surface area contributed by atoms with Gasteiger partial charge in [0.05, 0.1) is 0 Å². The molecule has 1 rings (SSSR count). The van der Waals surface area contributed by atoms with Crippen LogP contribution in [0.25, 0.3) is 0 Å². The van der Waals surface area contributed by atoms with E-state index in [-0.39, 0.29) is 5.54 Å². The number of hydrogen-bond acceptors (Lipinski definition) is 1. The lowest BCUT2D eigenvalue weighted by Gasteiger charge is -2.24. The summed E-state index contributed by atoms with van der Waals surface area (Å²) in [6.45, 7) is 7.44. The minimum Gasteiger partial charge on any atom is -0.346 e. The molecular formula is C11H20N2. The molecule has 0 fully saturated rings. The smallest absolute Gasteiger partial charge is 0.0358 e. The van der Waals surface area contributed by atoms with E-state index in [1.54, 1.807) is 0 Å². The molecule has 0 bridgehead atoms. The van der Waals surface area contributed by atoms with Crippen molar-refractivity contribution >= 4 is 0 Å². The zero-order chi connectivity index (χ0) is 9.90. The fraction of sp³-hybridized carbons (Fsp3) is 0.636. The van der Waals surface area contributed by atoms with Crippen LogP contribution in [-0.2, 0) is 12.0 Å². The Hall–Kier alpha value is -0.760. The summed E-state index contributed by atoms with van der Waals surface area (Å²) in [5.41, 5.74) is 7.07. The summed E-state index contributed by atoms with van der Waals surface area (Å²) in [4.78, 5) is 0. The van der Waals surface area contributed by atoms with Crippen LogP contribution in [0.3, 0.4) is 0 Å². The summed E-state index contributed by atoms with van der Waals surface area (Å²) in [5, 5.41) is 0. The molecule has 0 atom stereocenters. The summed E-state index contributed by atoms with van der Waals surface area (Å²) >= 11 is 0. The number of nitrogens with two attached hydrogens (primary N) is 1. The molecule has 0 aliphatic heterocycles. The van der Waals surface area contributed by atoms with E-state index in [0.717, 1.165) is 19.4 Å². The van der Waals surface area contributed by atoms with Crippen molar-refractivity contribution in [2.75, 3.05) is 6.54 Å². The zero-order valence-corrected chi connectivity index (χ0v) is 8.88. The summed E-state index contributed by atoms with van der Waals surface area (Å²) in [5.74, 6) is 0. The van der Waals surface area contributed by atoms with Crippen LogP contribution >= 0.6 is 0 Å². The first-order chi connectivity index (χ1) is 6.05. The van der Waals surface area contributed by atoms with E-state index in [4.69, 9.17) is 5.73 Å². The van der Waals surface area contributed by atoms with Crippen molar-refractivity contribution < 1.29 is 0 Å². The maximum absolute atomic E-state index is 5.49. The van der Waals surface area contributed by atoms with E-state index in [0.29, 0.717) is 0 Å². The Labute approximate surface area is 80.7 Å². The summed E-state index contributed by atoms with van der Waals surface area (Å²) in [7, 11) is 0. The van der Waals surface area contributed by atoms with Gasteiger partial charge in [-0.2, -0.15) is 0 Å². The highest BCUT2D eigenvalue weighted by molar-refractivity contribution is 5.10. The third-order valence-corrected chi connectivity index (χ3v) is 2.19. The van der Waals surface area contributed by atoms with Gasteiger partial charge in [-0.1, -0.05) is 0 Å². The number of hydrogen-bond donors (Lipinski definition) is 1. The number of aromatic nitrogens is 1. The van der Waals surface area contributed by atoms with Crippen molar-refractivity contribution in [1.29, 1.82) is 0 Å². The fourth-order valence-electron chi connectivity index (χ4n) is 1.56. The van der Waals surface area contributed by atoms with Gasteiger partial charge in [-0.05, 0) is 52.3 Å². The molecule has 0 aromatic carbocycles. The van der Waals surface area contributed by atoms with Gasteiger partial charge in [-0.25, -0.2) is 0 Å². The quantitative estimate of drug-likeness (QED) is 0.759. The van der Waals surface area contributed by atoms with Gasteiger partial charge < -0.3 is 10.3 Å². The molecule has 1 aromatic rings. The fourth-order valence-corrected chi connectivity index (χ4v) is 1.56. The third-order valence-electron chi connectivity index (χ3n) is 2.19. The lowest BCUT2D eigenvalue weighted by atomic mass is 10.1. The van der Waals surface area contributed by atoms with Crippen LogP contribution < -0.4 is 5.73 Å². The maximum Gasteiger partial charge on any atom is 0.0358 e. The third kappa shape index (κ3) is 2.59. The van der Waals surface area contributed by atoms with E-state index in [9.17, 15) is 0 Å². The molecule has 74 valence electrons. The Kier molecular flexibility index (Phi) is 3.15. The Morgan fingerprint density at radius 3 is 2.62 bits per heavy atom. The number of aryl methyl sites for hydroxylation is 1. The molecule has 0 radical (unpaired) electrons. The van der Waals surface area contributed by atoms with Crippen molar-refractivity contribution in [3.63, 3.8) is 0 Å². The largest absolute Gasteiger partial charge is 0.346 e. The molecule has 0 saturated heterocycles. The Morgan fingerprint density at radius 2 is 2.08 bits per heavy atom. The van der Waals surface area contributed by atoms with Crippen LogP contribution in [0.4, 0.5) is 0 Å². The Morgan fingerprint density at radius 1 is 1.38 bits per heavy atom. The van der Waals surface area contributed by atoms with Crippen LogP contribution in [0.15, 0.2) is 18.3 Å². The van der Waals surface area contributed by atoms with Gasteiger partial charge in [-0.15, -0.1) is 0 Å². The van der Waals surface area contributed by atoms with Crippen LogP contribution in [0.2, 0.25) is 0 Å². The van der Waals surface area contributed by atoms with Gasteiger partial charge in [0, 0.05) is 17.4 Å². The van der Waals surface area contributed by atoms with Gasteiger partial charge in [0.1, 0.15) is 0 Å². The molecule has 2 N–H and O–H groups in total. The second kappa shape index (κ2) is 3.97. The highest BCUT2D eigenvalue weighted by Crippen LogP contribution is 2.18. The van der Waals surface area contributed by atoms with Crippen LogP contribution in [0.5, 0.6) is 0 Å². The molecule has 1 heterocycles. The first-order valence-electron chi connectivity index (χ1n) is 4.92. The summed E-state index contributed by atoms with van der Waals surface area (Å²) in [6.07, 6.45) is 4.30. The highest BCUT2D eigenvalue weighted by atomic mass is 15.0. The predicted molar refractivity (Wildman–Crippen MR) is 56.8 cm³/mol. The van der Waals surface area contributed by atoms with Gasteiger partial charge in [-0.3, -0.25) is 0 Å². The molecule has 0 amide bonds. The second-order valence-electron chi connectivity index (χ2n) is 4.43. The van der Waals surface area contributed by atoms with Crippen LogP contribution in [-0.4, -0.2) is 11.1 Å². The van der Waals surface area contributed by atoms with Gasteiger partial charge in [0.2, 0.25) is 0 Å².